The Labute approximate surface area is 94.0 Å². The summed E-state index contributed by atoms with van der Waals surface area (Å²) < 4.78 is 13.3. The summed E-state index contributed by atoms with van der Waals surface area (Å²) in [5.74, 6) is -0.179. The summed E-state index contributed by atoms with van der Waals surface area (Å²) in [6.45, 7) is 2.73. The van der Waals surface area contributed by atoms with Gasteiger partial charge in [0.2, 0.25) is 5.91 Å². The molecule has 1 aromatic rings. The van der Waals surface area contributed by atoms with Gasteiger partial charge in [-0.05, 0) is 24.1 Å². The zero-order valence-corrected chi connectivity index (χ0v) is 9.24. The van der Waals surface area contributed by atoms with Gasteiger partial charge in [-0.25, -0.2) is 4.39 Å². The smallest absolute Gasteiger partial charge is 0.224 e. The summed E-state index contributed by atoms with van der Waals surface area (Å²) in [4.78, 5) is 13.2. The van der Waals surface area contributed by atoms with Crippen molar-refractivity contribution in [1.82, 2.24) is 4.90 Å². The molecule has 1 atom stereocenters. The highest BCUT2D eigenvalue weighted by Gasteiger charge is 2.26. The molecule has 1 aliphatic heterocycles. The van der Waals surface area contributed by atoms with Crippen molar-refractivity contribution < 1.29 is 9.18 Å². The third-order valence-corrected chi connectivity index (χ3v) is 2.85. The van der Waals surface area contributed by atoms with Gasteiger partial charge >= 0.3 is 0 Å². The number of carbonyl (C=O) groups excluding carboxylic acids is 1. The molecule has 16 heavy (non-hydrogen) atoms. The predicted octanol–water partition coefficient (Wildman–Crippen LogP) is 1.19. The number of carbonyl (C=O) groups is 1. The summed E-state index contributed by atoms with van der Waals surface area (Å²) in [5.41, 5.74) is 7.12. The highest BCUT2D eigenvalue weighted by Crippen LogP contribution is 2.15. The number of hydrogen-bond acceptors (Lipinski definition) is 2. The van der Waals surface area contributed by atoms with Crippen LogP contribution in [0.4, 0.5) is 4.39 Å². The first-order chi connectivity index (χ1) is 7.56. The zero-order chi connectivity index (χ0) is 11.7. The van der Waals surface area contributed by atoms with Crippen molar-refractivity contribution in [2.75, 3.05) is 6.54 Å². The van der Waals surface area contributed by atoms with E-state index in [0.29, 0.717) is 25.1 Å². The van der Waals surface area contributed by atoms with Gasteiger partial charge < -0.3 is 10.6 Å². The van der Waals surface area contributed by atoms with Gasteiger partial charge in [0.15, 0.2) is 0 Å². The topological polar surface area (TPSA) is 46.3 Å². The summed E-state index contributed by atoms with van der Waals surface area (Å²) in [6.07, 6.45) is 0.397. The third kappa shape index (κ3) is 2.22. The van der Waals surface area contributed by atoms with Gasteiger partial charge in [-0.2, -0.15) is 0 Å². The number of rotatable bonds is 2. The first-order valence-corrected chi connectivity index (χ1v) is 5.34. The standard InChI is InChI=1S/C12H15FN2O/c1-8-2-3-9(4-11(8)13)6-15-7-10(14)5-12(15)16/h2-4,10H,5-7,14H2,1H3. The number of likely N-dealkylation sites (tertiary alicyclic amines) is 1. The minimum atomic E-state index is -0.228. The highest BCUT2D eigenvalue weighted by atomic mass is 19.1. The number of nitrogens with zero attached hydrogens (tertiary/aromatic N) is 1. The van der Waals surface area contributed by atoms with Crippen LogP contribution in [0.25, 0.3) is 0 Å². The Balaban J connectivity index is 2.09. The quantitative estimate of drug-likeness (QED) is 0.817. The van der Waals surface area contributed by atoms with Crippen molar-refractivity contribution in [1.29, 1.82) is 0 Å². The van der Waals surface area contributed by atoms with Crippen molar-refractivity contribution in [3.05, 3.63) is 35.1 Å². The maximum Gasteiger partial charge on any atom is 0.224 e. The molecule has 0 radical (unpaired) electrons. The molecule has 3 nitrogen and oxygen atoms in total. The van der Waals surface area contributed by atoms with Gasteiger partial charge in [-0.1, -0.05) is 12.1 Å². The monoisotopic (exact) mass is 222 g/mol. The van der Waals surface area contributed by atoms with E-state index in [1.165, 1.54) is 6.07 Å². The van der Waals surface area contributed by atoms with E-state index in [4.69, 9.17) is 5.73 Å². The van der Waals surface area contributed by atoms with Crippen molar-refractivity contribution >= 4 is 5.91 Å². The molecule has 0 saturated carbocycles. The molecule has 1 fully saturated rings. The largest absolute Gasteiger partial charge is 0.337 e. The average Bonchev–Trinajstić information content (AvgIpc) is 2.51. The van der Waals surface area contributed by atoms with E-state index >= 15 is 0 Å². The lowest BCUT2D eigenvalue weighted by Crippen LogP contribution is -2.27. The third-order valence-electron chi connectivity index (χ3n) is 2.85. The Morgan fingerprint density at radius 1 is 1.56 bits per heavy atom. The predicted molar refractivity (Wildman–Crippen MR) is 59.1 cm³/mol. The van der Waals surface area contributed by atoms with Crippen LogP contribution in [0.1, 0.15) is 17.5 Å². The molecule has 1 aliphatic rings. The molecular formula is C12H15FN2O. The number of hydrogen-bond donors (Lipinski definition) is 1. The molecule has 0 bridgehead atoms. The van der Waals surface area contributed by atoms with Gasteiger partial charge in [0, 0.05) is 25.6 Å². The SMILES string of the molecule is Cc1ccc(CN2CC(N)CC2=O)cc1F. The molecule has 0 spiro atoms. The first kappa shape index (κ1) is 11.1. The number of benzene rings is 1. The van der Waals surface area contributed by atoms with Crippen molar-refractivity contribution in [3.63, 3.8) is 0 Å². The molecule has 1 heterocycles. The van der Waals surface area contributed by atoms with E-state index in [1.807, 2.05) is 6.07 Å². The van der Waals surface area contributed by atoms with Gasteiger partial charge in [0.1, 0.15) is 5.82 Å². The van der Waals surface area contributed by atoms with E-state index in [2.05, 4.69) is 0 Å². The van der Waals surface area contributed by atoms with Crippen LogP contribution in [0.15, 0.2) is 18.2 Å². The van der Waals surface area contributed by atoms with Crippen LogP contribution in [0.5, 0.6) is 0 Å². The number of halogens is 1. The van der Waals surface area contributed by atoms with Crippen LogP contribution in [0, 0.1) is 12.7 Å². The second-order valence-electron chi connectivity index (χ2n) is 4.32. The molecule has 0 aliphatic carbocycles. The Hall–Kier alpha value is -1.42. The minimum Gasteiger partial charge on any atom is -0.337 e. The minimum absolute atomic E-state index is 0.0495. The van der Waals surface area contributed by atoms with Crippen LogP contribution >= 0.6 is 0 Å². The van der Waals surface area contributed by atoms with Crippen LogP contribution in [0.3, 0.4) is 0 Å². The molecule has 0 aromatic heterocycles. The lowest BCUT2D eigenvalue weighted by atomic mass is 10.1. The van der Waals surface area contributed by atoms with Gasteiger partial charge in [0.25, 0.3) is 0 Å². The van der Waals surface area contributed by atoms with Crippen molar-refractivity contribution in [2.45, 2.75) is 25.9 Å². The summed E-state index contributed by atoms with van der Waals surface area (Å²) in [5, 5.41) is 0. The second-order valence-corrected chi connectivity index (χ2v) is 4.32. The molecule has 1 amide bonds. The van der Waals surface area contributed by atoms with Crippen LogP contribution in [0.2, 0.25) is 0 Å². The fourth-order valence-corrected chi connectivity index (χ4v) is 1.91. The number of amides is 1. The highest BCUT2D eigenvalue weighted by molar-refractivity contribution is 5.79. The summed E-state index contributed by atoms with van der Waals surface area (Å²) in [6, 6.07) is 4.97. The van der Waals surface area contributed by atoms with Crippen molar-refractivity contribution in [2.24, 2.45) is 5.73 Å². The molecule has 1 unspecified atom stereocenters. The fraction of sp³-hybridized carbons (Fsp3) is 0.417. The zero-order valence-electron chi connectivity index (χ0n) is 9.24. The van der Waals surface area contributed by atoms with E-state index in [9.17, 15) is 9.18 Å². The molecular weight excluding hydrogens is 207 g/mol. The first-order valence-electron chi connectivity index (χ1n) is 5.34. The lowest BCUT2D eigenvalue weighted by Gasteiger charge is -2.16. The van der Waals surface area contributed by atoms with Crippen LogP contribution in [-0.4, -0.2) is 23.4 Å². The van der Waals surface area contributed by atoms with E-state index < -0.39 is 0 Å². The van der Waals surface area contributed by atoms with Crippen molar-refractivity contribution in [3.8, 4) is 0 Å². The number of aryl methyl sites for hydroxylation is 1. The normalized spacial score (nSPS) is 20.6. The summed E-state index contributed by atoms with van der Waals surface area (Å²) in [7, 11) is 0. The molecule has 4 heteroatoms. The van der Waals surface area contributed by atoms with Crippen LogP contribution < -0.4 is 5.73 Å². The maximum absolute atomic E-state index is 13.3. The van der Waals surface area contributed by atoms with Gasteiger partial charge in [-0.15, -0.1) is 0 Å². The molecule has 1 saturated heterocycles. The number of nitrogens with two attached hydrogens (primary N) is 1. The lowest BCUT2D eigenvalue weighted by molar-refractivity contribution is -0.128. The summed E-state index contributed by atoms with van der Waals surface area (Å²) >= 11 is 0. The van der Waals surface area contributed by atoms with Gasteiger partial charge in [-0.3, -0.25) is 4.79 Å². The van der Waals surface area contributed by atoms with Gasteiger partial charge in [0.05, 0.1) is 0 Å². The van der Waals surface area contributed by atoms with E-state index in [1.54, 1.807) is 17.9 Å². The van der Waals surface area contributed by atoms with E-state index in [0.717, 1.165) is 5.56 Å². The van der Waals surface area contributed by atoms with E-state index in [-0.39, 0.29) is 17.8 Å². The molecule has 86 valence electrons. The Bertz CT molecular complexity index is 419. The second kappa shape index (κ2) is 4.22. The average molecular weight is 222 g/mol. The Morgan fingerprint density at radius 3 is 2.88 bits per heavy atom. The maximum atomic E-state index is 13.3. The van der Waals surface area contributed by atoms with Crippen LogP contribution in [-0.2, 0) is 11.3 Å². The molecule has 1 aromatic carbocycles. The Morgan fingerprint density at radius 2 is 2.31 bits per heavy atom. The molecule has 2 rings (SSSR count). The Kier molecular flexibility index (Phi) is 2.92. The fourth-order valence-electron chi connectivity index (χ4n) is 1.91. The molecule has 2 N–H and O–H groups in total.